The number of benzene rings is 3. The van der Waals surface area contributed by atoms with Crippen LogP contribution in [-0.2, 0) is 6.54 Å². The van der Waals surface area contributed by atoms with Gasteiger partial charge in [0, 0.05) is 17.8 Å². The van der Waals surface area contributed by atoms with Crippen molar-refractivity contribution in [3.05, 3.63) is 77.9 Å². The fourth-order valence-electron chi connectivity index (χ4n) is 3.09. The number of aromatic nitrogens is 1. The van der Waals surface area contributed by atoms with Gasteiger partial charge in [0.2, 0.25) is 0 Å². The molecule has 1 heterocycles. The molecule has 0 spiro atoms. The number of anilines is 1. The van der Waals surface area contributed by atoms with Crippen molar-refractivity contribution >= 4 is 27.2 Å². The molecule has 0 fully saturated rings. The zero-order chi connectivity index (χ0) is 19.5. The van der Waals surface area contributed by atoms with Crippen LogP contribution in [-0.4, -0.2) is 11.1 Å². The van der Waals surface area contributed by atoms with Crippen molar-refractivity contribution in [1.29, 1.82) is 0 Å². The van der Waals surface area contributed by atoms with Crippen LogP contribution >= 0.6 is 11.3 Å². The molecule has 0 amide bonds. The van der Waals surface area contributed by atoms with Gasteiger partial charge in [-0.2, -0.15) is 0 Å². The van der Waals surface area contributed by atoms with E-state index in [1.165, 1.54) is 15.8 Å². The average Bonchev–Trinajstić information content (AvgIpc) is 3.10. The number of nitrogens with one attached hydrogen (secondary N) is 1. The molecule has 1 N–H and O–H groups in total. The Morgan fingerprint density at radius 2 is 1.82 bits per heavy atom. The molecule has 0 unspecified atom stereocenters. The third-order valence-corrected chi connectivity index (χ3v) is 5.51. The number of ether oxygens (including phenoxy) is 1. The van der Waals surface area contributed by atoms with Gasteiger partial charge in [0.15, 0.2) is 0 Å². The van der Waals surface area contributed by atoms with Crippen molar-refractivity contribution < 1.29 is 4.74 Å². The van der Waals surface area contributed by atoms with Gasteiger partial charge < -0.3 is 10.1 Å². The van der Waals surface area contributed by atoms with Gasteiger partial charge in [-0.25, -0.2) is 4.98 Å². The first kappa shape index (κ1) is 18.5. The highest BCUT2D eigenvalue weighted by Crippen LogP contribution is 2.31. The van der Waals surface area contributed by atoms with E-state index in [0.29, 0.717) is 0 Å². The quantitative estimate of drug-likeness (QED) is 0.400. The summed E-state index contributed by atoms with van der Waals surface area (Å²) in [6.07, 6.45) is 0.183. The fourth-order valence-corrected chi connectivity index (χ4v) is 4.16. The van der Waals surface area contributed by atoms with Gasteiger partial charge in [-0.1, -0.05) is 18.2 Å². The number of aryl methyl sites for hydroxylation is 1. The molecule has 0 saturated heterocycles. The number of nitrogens with zero attached hydrogens (tertiary/aromatic N) is 1. The first-order valence-electron chi connectivity index (χ1n) is 9.54. The Hall–Kier alpha value is -2.85. The summed E-state index contributed by atoms with van der Waals surface area (Å²) in [5.74, 6) is 0.913. The van der Waals surface area contributed by atoms with Crippen LogP contribution in [0, 0.1) is 6.92 Å². The van der Waals surface area contributed by atoms with Gasteiger partial charge in [-0.05, 0) is 80.4 Å². The van der Waals surface area contributed by atoms with Crippen molar-refractivity contribution in [1.82, 2.24) is 4.98 Å². The zero-order valence-electron chi connectivity index (χ0n) is 16.4. The molecule has 0 aliphatic carbocycles. The predicted octanol–water partition coefficient (Wildman–Crippen LogP) is 6.67. The number of fused-ring (bicyclic) bond motifs is 1. The Bertz CT molecular complexity index is 1080. The predicted molar refractivity (Wildman–Crippen MR) is 119 cm³/mol. The molecule has 0 aliphatic heterocycles. The summed E-state index contributed by atoms with van der Waals surface area (Å²) in [4.78, 5) is 4.76. The second kappa shape index (κ2) is 8.03. The lowest BCUT2D eigenvalue weighted by Gasteiger charge is -2.12. The van der Waals surface area contributed by atoms with E-state index in [1.54, 1.807) is 11.3 Å². The maximum atomic E-state index is 5.77. The van der Waals surface area contributed by atoms with Crippen molar-refractivity contribution in [2.45, 2.75) is 33.4 Å². The minimum absolute atomic E-state index is 0.183. The molecular weight excluding hydrogens is 364 g/mol. The van der Waals surface area contributed by atoms with Crippen molar-refractivity contribution in [2.24, 2.45) is 0 Å². The Kier molecular flexibility index (Phi) is 5.31. The lowest BCUT2D eigenvalue weighted by Crippen LogP contribution is -2.06. The SMILES string of the molecule is Cc1ccc2nc(-c3ccc(NCc4cccc(OC(C)C)c4)cc3)sc2c1. The molecule has 1 aromatic heterocycles. The lowest BCUT2D eigenvalue weighted by atomic mass is 10.2. The Balaban J connectivity index is 1.44. The van der Waals surface area contributed by atoms with Crippen LogP contribution < -0.4 is 10.1 Å². The van der Waals surface area contributed by atoms with Crippen LogP contribution in [0.2, 0.25) is 0 Å². The third kappa shape index (κ3) is 4.34. The largest absolute Gasteiger partial charge is 0.491 e. The molecule has 142 valence electrons. The Morgan fingerprint density at radius 3 is 2.61 bits per heavy atom. The van der Waals surface area contributed by atoms with E-state index >= 15 is 0 Å². The molecule has 0 bridgehead atoms. The molecule has 0 atom stereocenters. The summed E-state index contributed by atoms with van der Waals surface area (Å²) in [6.45, 7) is 6.96. The number of hydrogen-bond acceptors (Lipinski definition) is 4. The molecule has 3 aromatic carbocycles. The van der Waals surface area contributed by atoms with E-state index in [9.17, 15) is 0 Å². The highest BCUT2D eigenvalue weighted by Gasteiger charge is 2.07. The highest BCUT2D eigenvalue weighted by molar-refractivity contribution is 7.21. The Morgan fingerprint density at radius 1 is 1.00 bits per heavy atom. The third-order valence-electron chi connectivity index (χ3n) is 4.44. The van der Waals surface area contributed by atoms with Crippen molar-refractivity contribution in [3.8, 4) is 16.3 Å². The van der Waals surface area contributed by atoms with Crippen LogP contribution in [0.1, 0.15) is 25.0 Å². The van der Waals surface area contributed by atoms with Crippen LogP contribution in [0.25, 0.3) is 20.8 Å². The van der Waals surface area contributed by atoms with E-state index in [0.717, 1.165) is 34.1 Å². The fraction of sp³-hybridized carbons (Fsp3) is 0.208. The average molecular weight is 389 g/mol. The molecule has 4 aromatic rings. The second-order valence-corrected chi connectivity index (χ2v) is 8.27. The summed E-state index contributed by atoms with van der Waals surface area (Å²) in [5, 5.41) is 4.54. The van der Waals surface area contributed by atoms with Crippen LogP contribution in [0.4, 0.5) is 5.69 Å². The molecule has 0 saturated carbocycles. The first-order chi connectivity index (χ1) is 13.6. The van der Waals surface area contributed by atoms with Gasteiger partial charge >= 0.3 is 0 Å². The van der Waals surface area contributed by atoms with Gasteiger partial charge in [-0.15, -0.1) is 11.3 Å². The van der Waals surface area contributed by atoms with E-state index in [-0.39, 0.29) is 6.10 Å². The summed E-state index contributed by atoms with van der Waals surface area (Å²) in [7, 11) is 0. The maximum absolute atomic E-state index is 5.77. The van der Waals surface area contributed by atoms with Gasteiger partial charge in [0.1, 0.15) is 10.8 Å². The summed E-state index contributed by atoms with van der Waals surface area (Å²) in [6, 6.07) is 23.1. The van der Waals surface area contributed by atoms with Gasteiger partial charge in [-0.3, -0.25) is 0 Å². The molecule has 3 nitrogen and oxygen atoms in total. The minimum Gasteiger partial charge on any atom is -0.491 e. The summed E-state index contributed by atoms with van der Waals surface area (Å²) < 4.78 is 7.01. The highest BCUT2D eigenvalue weighted by atomic mass is 32.1. The van der Waals surface area contributed by atoms with Crippen LogP contribution in [0.15, 0.2) is 66.7 Å². The normalized spacial score (nSPS) is 11.1. The molecule has 28 heavy (non-hydrogen) atoms. The smallest absolute Gasteiger partial charge is 0.124 e. The zero-order valence-corrected chi connectivity index (χ0v) is 17.2. The Labute approximate surface area is 170 Å². The molecule has 4 heteroatoms. The van der Waals surface area contributed by atoms with Gasteiger partial charge in [0.25, 0.3) is 0 Å². The van der Waals surface area contributed by atoms with Crippen molar-refractivity contribution in [2.75, 3.05) is 5.32 Å². The van der Waals surface area contributed by atoms with Crippen LogP contribution in [0.5, 0.6) is 5.75 Å². The lowest BCUT2D eigenvalue weighted by molar-refractivity contribution is 0.242. The number of hydrogen-bond donors (Lipinski definition) is 1. The molecule has 4 rings (SSSR count). The summed E-state index contributed by atoms with van der Waals surface area (Å²) in [5.41, 5.74) is 5.78. The van der Waals surface area contributed by atoms with E-state index in [1.807, 2.05) is 26.0 Å². The minimum atomic E-state index is 0.183. The molecular formula is C24H24N2OS. The molecule has 0 radical (unpaired) electrons. The van der Waals surface area contributed by atoms with Crippen LogP contribution in [0.3, 0.4) is 0 Å². The first-order valence-corrected chi connectivity index (χ1v) is 10.4. The topological polar surface area (TPSA) is 34.2 Å². The van der Waals surface area contributed by atoms with E-state index in [2.05, 4.69) is 66.8 Å². The second-order valence-electron chi connectivity index (χ2n) is 7.24. The standard InChI is InChI=1S/C24H24N2OS/c1-16(2)27-21-6-4-5-18(14-21)15-25-20-10-8-19(9-11-20)24-26-22-12-7-17(3)13-23(22)28-24/h4-14,16,25H,15H2,1-3H3. The van der Waals surface area contributed by atoms with Gasteiger partial charge in [0.05, 0.1) is 16.3 Å². The number of thiazole rings is 1. The summed E-state index contributed by atoms with van der Waals surface area (Å²) >= 11 is 1.74. The monoisotopic (exact) mass is 388 g/mol. The van der Waals surface area contributed by atoms with Crippen molar-refractivity contribution in [3.63, 3.8) is 0 Å². The van der Waals surface area contributed by atoms with E-state index in [4.69, 9.17) is 9.72 Å². The molecule has 0 aliphatic rings. The van der Waals surface area contributed by atoms with E-state index < -0.39 is 0 Å². The maximum Gasteiger partial charge on any atom is 0.124 e. The number of rotatable bonds is 6.